The molecular formula is C30H32F3N5O7S. The van der Waals surface area contributed by atoms with Gasteiger partial charge in [0, 0.05) is 17.0 Å². The van der Waals surface area contributed by atoms with Crippen LogP contribution in [0.1, 0.15) is 40.3 Å². The summed E-state index contributed by atoms with van der Waals surface area (Å²) in [4.78, 5) is 50.9. The molecule has 16 heteroatoms. The van der Waals surface area contributed by atoms with Gasteiger partial charge in [0.1, 0.15) is 30.2 Å². The highest BCUT2D eigenvalue weighted by Gasteiger charge is 2.32. The van der Waals surface area contributed by atoms with Crippen LogP contribution in [-0.4, -0.2) is 56.6 Å². The number of aliphatic carboxylic acids is 1. The number of phenolic OH excluding ortho intramolecular Hbond substituents is 1. The molecular weight excluding hydrogens is 631 g/mol. The standard InChI is InChI=1S/C28H31N5O5S.C2HF3O2/c1-17(2)38-26(36)20-7-9-21(10-8-20)30-27(37)33(16-22-15-31(4)28-32(22)14-18(3)39-28)24(25(29)35)13-19-5-11-23(34)12-6-19;3-2(4,5)1(6)7/h5-12,14-15,17,24H,13,16H2,1-4H3,(H3-,29,30,34,35,36,37);(H,6,7)/t24-;/m0./s1. The third-order valence-corrected chi connectivity index (χ3v) is 7.43. The second kappa shape index (κ2) is 14.8. The van der Waals surface area contributed by atoms with Crippen molar-refractivity contribution in [3.63, 3.8) is 0 Å². The van der Waals surface area contributed by atoms with Crippen molar-refractivity contribution in [2.45, 2.75) is 52.1 Å². The van der Waals surface area contributed by atoms with E-state index in [1.165, 1.54) is 17.0 Å². The van der Waals surface area contributed by atoms with E-state index in [0.717, 1.165) is 21.1 Å². The molecule has 3 amide bonds. The second-order valence-corrected chi connectivity index (χ2v) is 11.6. The number of urea groups is 1. The molecule has 0 aliphatic carbocycles. The molecule has 0 aliphatic heterocycles. The zero-order chi connectivity index (χ0) is 34.3. The van der Waals surface area contributed by atoms with E-state index in [1.807, 2.05) is 35.3 Å². The van der Waals surface area contributed by atoms with Gasteiger partial charge in [-0.1, -0.05) is 23.5 Å². The fraction of sp³-hybridized carbons (Fsp3) is 0.300. The average Bonchev–Trinajstić information content (AvgIpc) is 3.48. The molecule has 4 aromatic rings. The third-order valence-electron chi connectivity index (χ3n) is 6.33. The largest absolute Gasteiger partial charge is 0.542 e. The van der Waals surface area contributed by atoms with Crippen LogP contribution in [0.5, 0.6) is 5.75 Å². The van der Waals surface area contributed by atoms with E-state index in [9.17, 15) is 32.7 Å². The SMILES string of the molecule is Cc1cn2c(CN(C(=O)Nc3ccc(C(=O)OC(C)C)cc3)[C@@H](Cc3ccc(O)cc3)C(N)=O)c[n+](C)c2s1.O=C([O-])C(F)(F)F. The van der Waals surface area contributed by atoms with Gasteiger partial charge >= 0.3 is 23.1 Å². The molecule has 0 bridgehead atoms. The number of alkyl halides is 3. The van der Waals surface area contributed by atoms with E-state index >= 15 is 0 Å². The number of aromatic nitrogens is 2. The average molecular weight is 664 g/mol. The van der Waals surface area contributed by atoms with E-state index in [2.05, 4.69) is 5.32 Å². The molecule has 2 heterocycles. The minimum Gasteiger partial charge on any atom is -0.542 e. The van der Waals surface area contributed by atoms with Crippen LogP contribution in [0.3, 0.4) is 0 Å². The number of esters is 1. The molecule has 0 radical (unpaired) electrons. The van der Waals surface area contributed by atoms with Gasteiger partial charge in [-0.3, -0.25) is 4.79 Å². The number of benzene rings is 2. The molecule has 2 aromatic heterocycles. The number of aromatic hydroxyl groups is 1. The Bertz CT molecular complexity index is 1700. The number of halogens is 3. The number of hydrogen-bond acceptors (Lipinski definition) is 8. The predicted molar refractivity (Wildman–Crippen MR) is 159 cm³/mol. The van der Waals surface area contributed by atoms with Crippen LogP contribution in [0.2, 0.25) is 0 Å². The predicted octanol–water partition coefficient (Wildman–Crippen LogP) is 2.83. The van der Waals surface area contributed by atoms with Gasteiger partial charge < -0.3 is 35.7 Å². The number of imidazole rings is 1. The third kappa shape index (κ3) is 9.44. The number of amides is 3. The number of carbonyl (C=O) groups is 4. The maximum absolute atomic E-state index is 13.7. The Labute approximate surface area is 265 Å². The Morgan fingerprint density at radius 3 is 2.22 bits per heavy atom. The van der Waals surface area contributed by atoms with Crippen molar-refractivity contribution in [3.05, 3.63) is 82.6 Å². The van der Waals surface area contributed by atoms with Crippen molar-refractivity contribution in [3.8, 4) is 5.75 Å². The first-order valence-corrected chi connectivity index (χ1v) is 14.5. The summed E-state index contributed by atoms with van der Waals surface area (Å²) >= 11 is 1.62. The Hall–Kier alpha value is -5.12. The summed E-state index contributed by atoms with van der Waals surface area (Å²) in [7, 11) is 1.92. The number of anilines is 1. The van der Waals surface area contributed by atoms with Crippen LogP contribution in [0.15, 0.2) is 60.9 Å². The van der Waals surface area contributed by atoms with E-state index in [4.69, 9.17) is 20.4 Å². The lowest BCUT2D eigenvalue weighted by Gasteiger charge is -2.29. The summed E-state index contributed by atoms with van der Waals surface area (Å²) < 4.78 is 40.7. The van der Waals surface area contributed by atoms with Crippen LogP contribution in [-0.2, 0) is 34.3 Å². The molecule has 46 heavy (non-hydrogen) atoms. The molecule has 2 aromatic carbocycles. The van der Waals surface area contributed by atoms with Crippen LogP contribution >= 0.6 is 11.3 Å². The van der Waals surface area contributed by atoms with Crippen LogP contribution in [0.4, 0.5) is 23.7 Å². The minimum absolute atomic E-state index is 0.0978. The van der Waals surface area contributed by atoms with Crippen molar-refractivity contribution in [2.75, 3.05) is 5.32 Å². The smallest absolute Gasteiger partial charge is 0.430 e. The van der Waals surface area contributed by atoms with E-state index in [0.29, 0.717) is 11.3 Å². The lowest BCUT2D eigenvalue weighted by atomic mass is 10.0. The quantitative estimate of drug-likeness (QED) is 0.183. The maximum Gasteiger partial charge on any atom is 0.430 e. The van der Waals surface area contributed by atoms with Crippen molar-refractivity contribution in [1.82, 2.24) is 9.30 Å². The molecule has 0 spiro atoms. The first-order chi connectivity index (χ1) is 21.5. The van der Waals surface area contributed by atoms with Gasteiger partial charge in [-0.2, -0.15) is 17.6 Å². The van der Waals surface area contributed by atoms with Gasteiger partial charge in [-0.05, 0) is 62.7 Å². The van der Waals surface area contributed by atoms with Gasteiger partial charge in [0.05, 0.1) is 25.3 Å². The number of nitrogens with zero attached hydrogens (tertiary/aromatic N) is 3. The van der Waals surface area contributed by atoms with Crippen molar-refractivity contribution in [2.24, 2.45) is 12.8 Å². The monoisotopic (exact) mass is 663 g/mol. The van der Waals surface area contributed by atoms with Gasteiger partial charge in [-0.15, -0.1) is 0 Å². The molecule has 0 saturated carbocycles. The van der Waals surface area contributed by atoms with Crippen LogP contribution < -0.4 is 20.7 Å². The zero-order valence-corrected chi connectivity index (χ0v) is 26.0. The number of primary amides is 1. The molecule has 1 atom stereocenters. The first kappa shape index (κ1) is 35.4. The van der Waals surface area contributed by atoms with Gasteiger partial charge in [0.25, 0.3) is 0 Å². The van der Waals surface area contributed by atoms with Crippen LogP contribution in [0.25, 0.3) is 4.96 Å². The number of carboxylic acids is 1. The maximum atomic E-state index is 13.7. The van der Waals surface area contributed by atoms with Gasteiger partial charge in [0.2, 0.25) is 5.91 Å². The molecule has 4 N–H and O–H groups in total. The fourth-order valence-corrected chi connectivity index (χ4v) is 5.16. The second-order valence-electron chi connectivity index (χ2n) is 10.4. The van der Waals surface area contributed by atoms with Crippen molar-refractivity contribution in [1.29, 1.82) is 0 Å². The van der Waals surface area contributed by atoms with E-state index < -0.39 is 36.1 Å². The Kier molecular flexibility index (Phi) is 11.4. The summed E-state index contributed by atoms with van der Waals surface area (Å²) in [5.41, 5.74) is 8.18. The number of carboxylic acid groups (broad SMARTS) is 1. The van der Waals surface area contributed by atoms with Gasteiger partial charge in [-0.25, -0.2) is 14.2 Å². The Balaban J connectivity index is 0.000000738. The summed E-state index contributed by atoms with van der Waals surface area (Å²) in [5.74, 6) is -4.03. The lowest BCUT2D eigenvalue weighted by molar-refractivity contribution is -0.642. The van der Waals surface area contributed by atoms with E-state index in [-0.39, 0.29) is 24.8 Å². The number of thiazole rings is 1. The highest BCUT2D eigenvalue weighted by molar-refractivity contribution is 7.16. The normalized spacial score (nSPS) is 11.8. The molecule has 0 saturated heterocycles. The molecule has 0 aliphatic rings. The molecule has 0 unspecified atom stereocenters. The number of nitrogens with two attached hydrogens (primary N) is 1. The minimum atomic E-state index is -5.19. The number of fused-ring (bicyclic) bond motifs is 1. The number of rotatable bonds is 9. The molecule has 12 nitrogen and oxygen atoms in total. The first-order valence-electron chi connectivity index (χ1n) is 13.7. The molecule has 246 valence electrons. The zero-order valence-electron chi connectivity index (χ0n) is 25.2. The molecule has 4 rings (SSSR count). The number of hydrogen-bond donors (Lipinski definition) is 3. The number of aryl methyl sites for hydroxylation is 2. The number of carbonyl (C=O) groups excluding carboxylic acids is 4. The van der Waals surface area contributed by atoms with Gasteiger partial charge in [0.15, 0.2) is 5.69 Å². The highest BCUT2D eigenvalue weighted by Crippen LogP contribution is 2.21. The summed E-state index contributed by atoms with van der Waals surface area (Å²) in [6, 6.07) is 11.2. The highest BCUT2D eigenvalue weighted by atomic mass is 32.1. The topological polar surface area (TPSA) is 170 Å². The van der Waals surface area contributed by atoms with Crippen LogP contribution in [0, 0.1) is 6.92 Å². The summed E-state index contributed by atoms with van der Waals surface area (Å²) in [6.45, 7) is 5.65. The number of ether oxygens (including phenoxy) is 1. The van der Waals surface area contributed by atoms with Crippen molar-refractivity contribution < 1.29 is 51.9 Å². The summed E-state index contributed by atoms with van der Waals surface area (Å²) in [6.07, 6.45) is -1.38. The van der Waals surface area contributed by atoms with Crippen molar-refractivity contribution >= 4 is 45.9 Å². The van der Waals surface area contributed by atoms with E-state index in [1.54, 1.807) is 61.6 Å². The lowest BCUT2D eigenvalue weighted by Crippen LogP contribution is -2.50. The fourth-order valence-electron chi connectivity index (χ4n) is 4.25. The number of nitrogens with one attached hydrogen (secondary N) is 1. The Morgan fingerprint density at radius 1 is 1.11 bits per heavy atom. The summed E-state index contributed by atoms with van der Waals surface area (Å²) in [5, 5.41) is 21.3. The number of phenols is 1. The molecule has 0 fully saturated rings. The Morgan fingerprint density at radius 2 is 1.70 bits per heavy atom.